The topological polar surface area (TPSA) is 87.7 Å². The van der Waals surface area contributed by atoms with Crippen molar-refractivity contribution in [1.82, 2.24) is 29.6 Å². The normalized spacial score (nSPS) is 22.0. The fraction of sp³-hybridized carbons (Fsp3) is 0.680. The van der Waals surface area contributed by atoms with Crippen LogP contribution in [0.15, 0.2) is 10.6 Å². The number of hydrogen-bond acceptors (Lipinski definition) is 6. The lowest BCUT2D eigenvalue weighted by molar-refractivity contribution is -0.139. The van der Waals surface area contributed by atoms with Crippen LogP contribution < -0.4 is 0 Å². The average Bonchev–Trinajstić information content (AvgIpc) is 3.43. The van der Waals surface area contributed by atoms with Crippen LogP contribution in [-0.2, 0) is 11.8 Å². The van der Waals surface area contributed by atoms with Gasteiger partial charge < -0.3 is 14.3 Å². The summed E-state index contributed by atoms with van der Waals surface area (Å²) in [6.45, 7) is 5.18. The molecule has 0 aromatic carbocycles. The standard InChI is InChI=1S/C25H33ClF2N6O3/c1-17-15-18(30-37-17)21-20(22(26)31(2)29-21)23(36)34-11-5-24(6-12-34)3-9-32(10-4-24)16-19(35)33-13-7-25(27,28)8-14-33/h15H,3-14,16H2,1-2H3. The van der Waals surface area contributed by atoms with Gasteiger partial charge in [0.2, 0.25) is 5.91 Å². The van der Waals surface area contributed by atoms with E-state index in [1.54, 1.807) is 24.9 Å². The summed E-state index contributed by atoms with van der Waals surface area (Å²) < 4.78 is 33.5. The predicted molar refractivity (Wildman–Crippen MR) is 132 cm³/mol. The molecule has 0 radical (unpaired) electrons. The Labute approximate surface area is 219 Å². The van der Waals surface area contributed by atoms with E-state index in [1.807, 2.05) is 4.90 Å². The minimum absolute atomic E-state index is 0.0571. The van der Waals surface area contributed by atoms with E-state index in [0.29, 0.717) is 35.8 Å². The summed E-state index contributed by atoms with van der Waals surface area (Å²) in [7, 11) is 1.69. The molecule has 0 saturated carbocycles. The fourth-order valence-electron chi connectivity index (χ4n) is 5.75. The Morgan fingerprint density at radius 1 is 1.00 bits per heavy atom. The van der Waals surface area contributed by atoms with Crippen molar-refractivity contribution >= 4 is 23.4 Å². The number of piperidine rings is 3. The summed E-state index contributed by atoms with van der Waals surface area (Å²) >= 11 is 6.48. The third-order valence-electron chi connectivity index (χ3n) is 8.30. The first-order valence-corrected chi connectivity index (χ1v) is 13.3. The molecule has 37 heavy (non-hydrogen) atoms. The van der Waals surface area contributed by atoms with Gasteiger partial charge in [-0.2, -0.15) is 5.10 Å². The minimum Gasteiger partial charge on any atom is -0.361 e. The van der Waals surface area contributed by atoms with Crippen molar-refractivity contribution in [3.05, 3.63) is 22.5 Å². The number of alkyl halides is 2. The van der Waals surface area contributed by atoms with Crippen LogP contribution in [0.4, 0.5) is 8.78 Å². The summed E-state index contributed by atoms with van der Waals surface area (Å²) in [4.78, 5) is 31.7. The Morgan fingerprint density at radius 3 is 2.19 bits per heavy atom. The molecule has 3 aliphatic rings. The molecule has 0 atom stereocenters. The number of carbonyl (C=O) groups excluding carboxylic acids is 2. The van der Waals surface area contributed by atoms with Gasteiger partial charge in [0.25, 0.3) is 11.8 Å². The molecule has 2 aromatic heterocycles. The van der Waals surface area contributed by atoms with Crippen molar-refractivity contribution < 1.29 is 22.9 Å². The van der Waals surface area contributed by atoms with Crippen LogP contribution in [0.5, 0.6) is 0 Å². The van der Waals surface area contributed by atoms with E-state index in [0.717, 1.165) is 38.8 Å². The molecule has 3 aliphatic heterocycles. The number of carbonyl (C=O) groups is 2. The van der Waals surface area contributed by atoms with Crippen LogP contribution in [0.2, 0.25) is 5.15 Å². The molecule has 0 unspecified atom stereocenters. The Bertz CT molecular complexity index is 1150. The molecule has 5 rings (SSSR count). The Kier molecular flexibility index (Phi) is 7.04. The summed E-state index contributed by atoms with van der Waals surface area (Å²) in [5, 5.41) is 8.70. The molecule has 3 saturated heterocycles. The number of amides is 2. The van der Waals surface area contributed by atoms with Gasteiger partial charge >= 0.3 is 0 Å². The van der Waals surface area contributed by atoms with E-state index in [-0.39, 0.29) is 54.9 Å². The van der Waals surface area contributed by atoms with Crippen LogP contribution in [0.1, 0.15) is 54.6 Å². The second kappa shape index (κ2) is 9.98. The van der Waals surface area contributed by atoms with Crippen molar-refractivity contribution in [3.8, 4) is 11.4 Å². The molecule has 2 aromatic rings. The van der Waals surface area contributed by atoms with Gasteiger partial charge in [-0.25, -0.2) is 8.78 Å². The molecule has 0 N–H and O–H groups in total. The second-order valence-corrected chi connectivity index (χ2v) is 11.1. The zero-order valence-corrected chi connectivity index (χ0v) is 22.1. The summed E-state index contributed by atoms with van der Waals surface area (Å²) in [5.41, 5.74) is 1.40. The molecule has 202 valence electrons. The highest BCUT2D eigenvalue weighted by Crippen LogP contribution is 2.42. The average molecular weight is 539 g/mol. The second-order valence-electron chi connectivity index (χ2n) is 10.8. The first-order valence-electron chi connectivity index (χ1n) is 12.9. The van der Waals surface area contributed by atoms with Gasteiger partial charge in [0.15, 0.2) is 0 Å². The van der Waals surface area contributed by atoms with Crippen molar-refractivity contribution in [2.24, 2.45) is 12.5 Å². The van der Waals surface area contributed by atoms with Crippen LogP contribution >= 0.6 is 11.6 Å². The molecule has 3 fully saturated rings. The highest BCUT2D eigenvalue weighted by Gasteiger charge is 2.41. The molecule has 0 aliphatic carbocycles. The van der Waals surface area contributed by atoms with E-state index in [9.17, 15) is 18.4 Å². The Morgan fingerprint density at radius 2 is 1.59 bits per heavy atom. The molecule has 2 amide bonds. The molecule has 5 heterocycles. The van der Waals surface area contributed by atoms with Crippen molar-refractivity contribution in [2.45, 2.75) is 51.4 Å². The number of aryl methyl sites for hydroxylation is 2. The predicted octanol–water partition coefficient (Wildman–Crippen LogP) is 3.61. The van der Waals surface area contributed by atoms with Gasteiger partial charge in [-0.05, 0) is 51.1 Å². The van der Waals surface area contributed by atoms with Crippen LogP contribution in [-0.4, -0.2) is 93.2 Å². The van der Waals surface area contributed by atoms with Crippen LogP contribution in [0, 0.1) is 12.3 Å². The maximum absolute atomic E-state index is 13.5. The largest absolute Gasteiger partial charge is 0.361 e. The third-order valence-corrected chi connectivity index (χ3v) is 8.73. The van der Waals surface area contributed by atoms with Crippen molar-refractivity contribution in [2.75, 3.05) is 45.8 Å². The molecular weight excluding hydrogens is 506 g/mol. The van der Waals surface area contributed by atoms with Crippen molar-refractivity contribution in [3.63, 3.8) is 0 Å². The summed E-state index contributed by atoms with van der Waals surface area (Å²) in [5.74, 6) is -2.23. The SMILES string of the molecule is Cc1cc(-c2nn(C)c(Cl)c2C(=O)N2CCC3(CCN(CC(=O)N4CCC(F)(F)CC4)CC3)CC2)no1. The number of halogens is 3. The van der Waals surface area contributed by atoms with E-state index in [1.165, 1.54) is 4.68 Å². The fourth-order valence-corrected chi connectivity index (χ4v) is 5.96. The van der Waals surface area contributed by atoms with Crippen LogP contribution in [0.25, 0.3) is 11.4 Å². The maximum atomic E-state index is 13.5. The number of hydrogen-bond donors (Lipinski definition) is 0. The maximum Gasteiger partial charge on any atom is 0.259 e. The first-order chi connectivity index (χ1) is 17.6. The van der Waals surface area contributed by atoms with Gasteiger partial charge in [0.1, 0.15) is 27.9 Å². The van der Waals surface area contributed by atoms with E-state index < -0.39 is 5.92 Å². The molecule has 1 spiro atoms. The minimum atomic E-state index is -2.65. The molecule has 0 bridgehead atoms. The highest BCUT2D eigenvalue weighted by molar-refractivity contribution is 6.33. The zero-order chi connectivity index (χ0) is 26.4. The van der Waals surface area contributed by atoms with Crippen LogP contribution in [0.3, 0.4) is 0 Å². The lowest BCUT2D eigenvalue weighted by atomic mass is 9.71. The first kappa shape index (κ1) is 26.1. The Balaban J connectivity index is 1.15. The number of rotatable bonds is 4. The third kappa shape index (κ3) is 5.38. The highest BCUT2D eigenvalue weighted by atomic mass is 35.5. The molecule has 9 nitrogen and oxygen atoms in total. The smallest absolute Gasteiger partial charge is 0.259 e. The summed E-state index contributed by atoms with van der Waals surface area (Å²) in [6, 6.07) is 1.74. The van der Waals surface area contributed by atoms with Gasteiger partial charge in [0.05, 0.1) is 6.54 Å². The van der Waals surface area contributed by atoms with E-state index in [2.05, 4.69) is 15.2 Å². The lowest BCUT2D eigenvalue weighted by Gasteiger charge is -2.47. The van der Waals surface area contributed by atoms with Gasteiger partial charge in [-0.15, -0.1) is 0 Å². The quantitative estimate of drug-likeness (QED) is 0.591. The molecule has 12 heteroatoms. The van der Waals surface area contributed by atoms with E-state index in [4.69, 9.17) is 16.1 Å². The molecular formula is C25H33ClF2N6O3. The van der Waals surface area contributed by atoms with Crippen molar-refractivity contribution in [1.29, 1.82) is 0 Å². The van der Waals surface area contributed by atoms with Gasteiger partial charge in [-0.3, -0.25) is 19.2 Å². The number of nitrogens with zero attached hydrogens (tertiary/aromatic N) is 6. The van der Waals surface area contributed by atoms with Gasteiger partial charge in [-0.1, -0.05) is 16.8 Å². The number of likely N-dealkylation sites (tertiary alicyclic amines) is 3. The monoisotopic (exact) mass is 538 g/mol. The zero-order valence-electron chi connectivity index (χ0n) is 21.3. The van der Waals surface area contributed by atoms with Gasteiger partial charge in [0, 0.05) is 52.1 Å². The van der Waals surface area contributed by atoms with E-state index >= 15 is 0 Å². The summed E-state index contributed by atoms with van der Waals surface area (Å²) in [6.07, 6.45) is 3.19. The number of aromatic nitrogens is 3. The Hall–Kier alpha value is -2.53. The lowest BCUT2D eigenvalue weighted by Crippen LogP contribution is -2.51.